The summed E-state index contributed by atoms with van der Waals surface area (Å²) in [6.45, 7) is 2.19. The van der Waals surface area contributed by atoms with E-state index in [1.807, 2.05) is 0 Å². The molecule has 0 aliphatic rings. The summed E-state index contributed by atoms with van der Waals surface area (Å²) in [6.07, 6.45) is 7.25. The molecule has 0 radical (unpaired) electrons. The van der Waals surface area contributed by atoms with E-state index >= 15 is 0 Å². The van der Waals surface area contributed by atoms with Gasteiger partial charge in [0, 0.05) is 30.0 Å². The first-order chi connectivity index (χ1) is 9.65. The zero-order valence-electron chi connectivity index (χ0n) is 11.8. The number of benzene rings is 1. The number of para-hydroxylation sites is 2. The van der Waals surface area contributed by atoms with E-state index in [1.165, 1.54) is 25.7 Å². The summed E-state index contributed by atoms with van der Waals surface area (Å²) in [5.41, 5.74) is 0.465. The molecule has 0 heterocycles. The second-order valence-electron chi connectivity index (χ2n) is 4.69. The number of halogens is 2. The summed E-state index contributed by atoms with van der Waals surface area (Å²) in [7, 11) is 0. The van der Waals surface area contributed by atoms with Gasteiger partial charge in [0.1, 0.15) is 5.69 Å². The van der Waals surface area contributed by atoms with E-state index in [0.29, 0.717) is 17.9 Å². The van der Waals surface area contributed by atoms with Crippen molar-refractivity contribution in [3.8, 4) is 5.75 Å². The van der Waals surface area contributed by atoms with Gasteiger partial charge in [-0.05, 0) is 18.6 Å². The molecule has 112 valence electrons. The Morgan fingerprint density at radius 2 is 1.75 bits per heavy atom. The van der Waals surface area contributed by atoms with Crippen molar-refractivity contribution in [2.75, 3.05) is 3.94 Å². The van der Waals surface area contributed by atoms with Crippen LogP contribution in [0.25, 0.3) is 0 Å². The van der Waals surface area contributed by atoms with Crippen LogP contribution in [0.5, 0.6) is 5.75 Å². The van der Waals surface area contributed by atoms with Gasteiger partial charge in [-0.1, -0.05) is 51.2 Å². The van der Waals surface area contributed by atoms with Crippen LogP contribution in [0.1, 0.15) is 51.9 Å². The fourth-order valence-corrected chi connectivity index (χ4v) is 2.19. The molecule has 3 nitrogen and oxygen atoms in total. The molecule has 1 aromatic carbocycles. The van der Waals surface area contributed by atoms with Crippen LogP contribution in [-0.4, -0.2) is 5.97 Å². The first-order valence-electron chi connectivity index (χ1n) is 7.06. The molecule has 0 saturated carbocycles. The molecule has 0 spiro atoms. The van der Waals surface area contributed by atoms with Gasteiger partial charge in [-0.25, -0.2) is 0 Å². The highest BCUT2D eigenvalue weighted by Crippen LogP contribution is 2.31. The van der Waals surface area contributed by atoms with Gasteiger partial charge in [-0.3, -0.25) is 4.79 Å². The monoisotopic (exact) mass is 317 g/mol. The average molecular weight is 318 g/mol. The number of unbranched alkanes of at least 4 members (excludes halogenated alkanes) is 5. The number of esters is 1. The van der Waals surface area contributed by atoms with Crippen molar-refractivity contribution in [3.05, 3.63) is 24.3 Å². The molecule has 0 amide bonds. The molecule has 0 atom stereocenters. The summed E-state index contributed by atoms with van der Waals surface area (Å²) in [5, 5.41) is 0. The number of hydrogen-bond acceptors (Lipinski definition) is 3. The number of ether oxygens (including phenoxy) is 1. The summed E-state index contributed by atoms with van der Waals surface area (Å²) in [6, 6.07) is 6.91. The number of carbonyl (C=O) groups excluding carboxylic acids is 1. The molecule has 1 rings (SSSR count). The lowest BCUT2D eigenvalue weighted by molar-refractivity contribution is -0.134. The zero-order valence-corrected chi connectivity index (χ0v) is 13.3. The van der Waals surface area contributed by atoms with Gasteiger partial charge in [0.2, 0.25) is 0 Å². The van der Waals surface area contributed by atoms with E-state index in [0.717, 1.165) is 16.8 Å². The third-order valence-electron chi connectivity index (χ3n) is 3.01. The fraction of sp³-hybridized carbons (Fsp3) is 0.533. The smallest absolute Gasteiger partial charge is 0.311 e. The lowest BCUT2D eigenvalue weighted by Gasteiger charge is -2.11. The van der Waals surface area contributed by atoms with E-state index in [1.54, 1.807) is 24.3 Å². The summed E-state index contributed by atoms with van der Waals surface area (Å²) >= 11 is 11.3. The van der Waals surface area contributed by atoms with Crippen molar-refractivity contribution in [3.63, 3.8) is 0 Å². The first-order valence-corrected chi connectivity index (χ1v) is 7.74. The van der Waals surface area contributed by atoms with Gasteiger partial charge in [0.05, 0.1) is 0 Å². The zero-order chi connectivity index (χ0) is 14.8. The Balaban J connectivity index is 2.32. The summed E-state index contributed by atoms with van der Waals surface area (Å²) < 4.78 is 6.18. The van der Waals surface area contributed by atoms with Crippen molar-refractivity contribution in [1.82, 2.24) is 0 Å². The molecule has 0 saturated heterocycles. The maximum absolute atomic E-state index is 11.7. The van der Waals surface area contributed by atoms with Crippen LogP contribution in [0.2, 0.25) is 0 Å². The Labute approximate surface area is 131 Å². The van der Waals surface area contributed by atoms with E-state index in [-0.39, 0.29) is 5.97 Å². The molecule has 0 bridgehead atoms. The highest BCUT2D eigenvalue weighted by atomic mass is 35.5. The van der Waals surface area contributed by atoms with Gasteiger partial charge in [-0.2, -0.15) is 3.94 Å². The van der Waals surface area contributed by atoms with Crippen molar-refractivity contribution < 1.29 is 9.53 Å². The van der Waals surface area contributed by atoms with Crippen LogP contribution in [0.15, 0.2) is 24.3 Å². The molecule has 1 aromatic rings. The third-order valence-corrected chi connectivity index (χ3v) is 3.37. The van der Waals surface area contributed by atoms with Crippen molar-refractivity contribution in [2.24, 2.45) is 0 Å². The van der Waals surface area contributed by atoms with E-state index in [2.05, 4.69) is 6.92 Å². The molecule has 5 heteroatoms. The van der Waals surface area contributed by atoms with Crippen LogP contribution in [0.4, 0.5) is 5.69 Å². The van der Waals surface area contributed by atoms with Crippen LogP contribution in [-0.2, 0) is 4.79 Å². The van der Waals surface area contributed by atoms with Crippen molar-refractivity contribution >= 4 is 35.2 Å². The molecule has 0 aromatic heterocycles. The number of anilines is 1. The second kappa shape index (κ2) is 9.89. The molecule has 0 N–H and O–H groups in total. The maximum Gasteiger partial charge on any atom is 0.311 e. The Hall–Kier alpha value is -0.930. The first kappa shape index (κ1) is 17.1. The minimum Gasteiger partial charge on any atom is -0.424 e. The Morgan fingerprint density at radius 3 is 2.45 bits per heavy atom. The minimum absolute atomic E-state index is 0.247. The van der Waals surface area contributed by atoms with E-state index in [9.17, 15) is 4.79 Å². The topological polar surface area (TPSA) is 29.5 Å². The predicted octanol–water partition coefficient (Wildman–Crippen LogP) is 5.46. The van der Waals surface area contributed by atoms with Gasteiger partial charge in [-0.15, -0.1) is 0 Å². The predicted molar refractivity (Wildman–Crippen MR) is 84.3 cm³/mol. The molecular weight excluding hydrogens is 297 g/mol. The van der Waals surface area contributed by atoms with E-state index in [4.69, 9.17) is 28.3 Å². The molecular formula is C15H21Cl2NO2. The maximum atomic E-state index is 11.7. The average Bonchev–Trinajstić information content (AvgIpc) is 2.43. The highest BCUT2D eigenvalue weighted by molar-refractivity contribution is 6.49. The third kappa shape index (κ3) is 6.49. The van der Waals surface area contributed by atoms with Gasteiger partial charge >= 0.3 is 5.97 Å². The Kier molecular flexibility index (Phi) is 8.47. The lowest BCUT2D eigenvalue weighted by atomic mass is 10.1. The van der Waals surface area contributed by atoms with Gasteiger partial charge in [0.15, 0.2) is 5.75 Å². The van der Waals surface area contributed by atoms with Crippen LogP contribution >= 0.6 is 23.6 Å². The number of carbonyl (C=O) groups is 1. The van der Waals surface area contributed by atoms with Crippen LogP contribution in [0.3, 0.4) is 0 Å². The molecule has 0 fully saturated rings. The highest BCUT2D eigenvalue weighted by Gasteiger charge is 2.11. The minimum atomic E-state index is -0.247. The van der Waals surface area contributed by atoms with Gasteiger partial charge < -0.3 is 4.74 Å². The Morgan fingerprint density at radius 1 is 1.10 bits per heavy atom. The number of hydrogen-bond donors (Lipinski definition) is 0. The van der Waals surface area contributed by atoms with E-state index < -0.39 is 0 Å². The lowest BCUT2D eigenvalue weighted by Crippen LogP contribution is -2.09. The second-order valence-corrected chi connectivity index (χ2v) is 5.54. The Bertz CT molecular complexity index is 411. The SMILES string of the molecule is CCCCCCCCC(=O)Oc1ccccc1N(Cl)Cl. The molecule has 0 unspecified atom stereocenters. The number of rotatable bonds is 9. The normalized spacial score (nSPS) is 10.3. The van der Waals surface area contributed by atoms with Crippen LogP contribution < -0.4 is 8.67 Å². The molecule has 0 aliphatic carbocycles. The largest absolute Gasteiger partial charge is 0.424 e. The summed E-state index contributed by atoms with van der Waals surface area (Å²) in [4.78, 5) is 11.7. The fourth-order valence-electron chi connectivity index (χ4n) is 1.91. The molecule has 20 heavy (non-hydrogen) atoms. The summed E-state index contributed by atoms with van der Waals surface area (Å²) in [5.74, 6) is 0.136. The van der Waals surface area contributed by atoms with Gasteiger partial charge in [0.25, 0.3) is 0 Å². The van der Waals surface area contributed by atoms with Crippen molar-refractivity contribution in [2.45, 2.75) is 51.9 Å². The number of nitrogens with zero attached hydrogens (tertiary/aromatic N) is 1. The van der Waals surface area contributed by atoms with Crippen molar-refractivity contribution in [1.29, 1.82) is 0 Å². The standard InChI is InChI=1S/C15H21Cl2NO2/c1-2-3-4-5-6-7-12-15(19)20-14-11-9-8-10-13(14)18(16)17/h8-11H,2-7,12H2,1H3. The quantitative estimate of drug-likeness (QED) is 0.262. The molecule has 0 aliphatic heterocycles. The van der Waals surface area contributed by atoms with Crippen LogP contribution in [0, 0.1) is 0 Å².